The summed E-state index contributed by atoms with van der Waals surface area (Å²) in [7, 11) is 0. The summed E-state index contributed by atoms with van der Waals surface area (Å²) in [5.74, 6) is -1.97. The summed E-state index contributed by atoms with van der Waals surface area (Å²) < 4.78 is 46.8. The molecule has 0 radical (unpaired) electrons. The lowest BCUT2D eigenvalue weighted by Crippen LogP contribution is -2.43. The molecule has 0 rings (SSSR count). The molecule has 0 aliphatic rings. The first-order chi connectivity index (χ1) is 13.5. The van der Waals surface area contributed by atoms with Crippen molar-refractivity contribution in [2.24, 2.45) is 0 Å². The number of carbonyl (C=O) groups excluding carboxylic acids is 3. The Balaban J connectivity index is 4.46. The van der Waals surface area contributed by atoms with Crippen molar-refractivity contribution in [1.82, 2.24) is 15.5 Å². The highest BCUT2D eigenvalue weighted by Crippen LogP contribution is 2.14. The van der Waals surface area contributed by atoms with Gasteiger partial charge in [0.05, 0.1) is 0 Å². The molecule has 0 aromatic heterocycles. The zero-order valence-corrected chi connectivity index (χ0v) is 18.6. The number of unbranched alkanes of at least 4 members (excludes halogenated alkanes) is 2. The van der Waals surface area contributed by atoms with E-state index in [1.165, 1.54) is 4.90 Å². The SMILES string of the molecule is CC(C)(C)OC(=O)NCCN(CCCCCNC(=O)C(F)(F)F)C(=O)OC(C)(C)C. The van der Waals surface area contributed by atoms with E-state index < -0.39 is 35.5 Å². The molecule has 11 heteroatoms. The normalized spacial score (nSPS) is 12.2. The molecule has 0 saturated heterocycles. The smallest absolute Gasteiger partial charge is 0.444 e. The molecule has 30 heavy (non-hydrogen) atoms. The van der Waals surface area contributed by atoms with Crippen molar-refractivity contribution in [3.05, 3.63) is 0 Å². The molecule has 0 aliphatic heterocycles. The van der Waals surface area contributed by atoms with Crippen LogP contribution in [0.5, 0.6) is 0 Å². The molecule has 0 atom stereocenters. The number of ether oxygens (including phenoxy) is 2. The Hall–Kier alpha value is -2.20. The van der Waals surface area contributed by atoms with Crippen LogP contribution in [0.3, 0.4) is 0 Å². The van der Waals surface area contributed by atoms with Crippen molar-refractivity contribution in [3.8, 4) is 0 Å². The maximum atomic E-state index is 12.4. The second-order valence-electron chi connectivity index (χ2n) is 8.71. The van der Waals surface area contributed by atoms with Gasteiger partial charge < -0.3 is 25.0 Å². The van der Waals surface area contributed by atoms with Crippen LogP contribution in [0.15, 0.2) is 0 Å². The molecule has 8 nitrogen and oxygen atoms in total. The van der Waals surface area contributed by atoms with Crippen LogP contribution >= 0.6 is 0 Å². The largest absolute Gasteiger partial charge is 0.471 e. The van der Waals surface area contributed by atoms with E-state index in [-0.39, 0.29) is 26.2 Å². The number of carbonyl (C=O) groups is 3. The van der Waals surface area contributed by atoms with Crippen LogP contribution < -0.4 is 10.6 Å². The van der Waals surface area contributed by atoms with E-state index in [1.54, 1.807) is 46.9 Å². The molecular weight excluding hydrogens is 407 g/mol. The topological polar surface area (TPSA) is 97.0 Å². The number of alkyl carbamates (subject to hydrolysis) is 1. The lowest BCUT2D eigenvalue weighted by Gasteiger charge is -2.28. The first kappa shape index (κ1) is 27.8. The van der Waals surface area contributed by atoms with Crippen LogP contribution in [0.1, 0.15) is 60.8 Å². The van der Waals surface area contributed by atoms with E-state index in [1.807, 2.05) is 0 Å². The first-order valence-corrected chi connectivity index (χ1v) is 9.81. The second-order valence-corrected chi connectivity index (χ2v) is 8.71. The molecule has 0 unspecified atom stereocenters. The summed E-state index contributed by atoms with van der Waals surface area (Å²) in [5, 5.41) is 4.36. The fourth-order valence-electron chi connectivity index (χ4n) is 2.13. The Bertz CT molecular complexity index is 569. The number of halogens is 3. The van der Waals surface area contributed by atoms with Crippen molar-refractivity contribution in [3.63, 3.8) is 0 Å². The summed E-state index contributed by atoms with van der Waals surface area (Å²) in [6.45, 7) is 10.9. The van der Waals surface area contributed by atoms with E-state index in [9.17, 15) is 27.6 Å². The Morgan fingerprint density at radius 2 is 1.33 bits per heavy atom. The summed E-state index contributed by atoms with van der Waals surface area (Å²) in [6, 6.07) is 0. The maximum absolute atomic E-state index is 12.4. The van der Waals surface area contributed by atoms with Gasteiger partial charge in [0.2, 0.25) is 0 Å². The molecule has 2 N–H and O–H groups in total. The van der Waals surface area contributed by atoms with Gasteiger partial charge in [-0.2, -0.15) is 13.2 Å². The second kappa shape index (κ2) is 11.8. The standard InChI is InChI=1S/C19H34F3N3O5/c1-17(2,3)29-15(27)24-11-13-25(16(28)30-18(4,5)6)12-9-7-8-10-23-14(26)19(20,21)22/h7-13H2,1-6H3,(H,23,26)(H,24,27). The van der Waals surface area contributed by atoms with E-state index in [0.717, 1.165) is 0 Å². The van der Waals surface area contributed by atoms with Gasteiger partial charge in [-0.15, -0.1) is 0 Å². The molecule has 0 aromatic carbocycles. The van der Waals surface area contributed by atoms with Crippen molar-refractivity contribution in [2.75, 3.05) is 26.2 Å². The van der Waals surface area contributed by atoms with Gasteiger partial charge in [-0.3, -0.25) is 4.79 Å². The summed E-state index contributed by atoms with van der Waals surface area (Å²) in [5.41, 5.74) is -1.34. The Labute approximate surface area is 175 Å². The van der Waals surface area contributed by atoms with Crippen molar-refractivity contribution in [2.45, 2.75) is 78.2 Å². The van der Waals surface area contributed by atoms with Crippen LogP contribution in [-0.4, -0.2) is 66.6 Å². The third-order valence-corrected chi connectivity index (χ3v) is 3.35. The lowest BCUT2D eigenvalue weighted by atomic mass is 10.2. The van der Waals surface area contributed by atoms with Gasteiger partial charge in [0, 0.05) is 26.2 Å². The van der Waals surface area contributed by atoms with Gasteiger partial charge >= 0.3 is 24.3 Å². The Morgan fingerprint density at radius 1 is 0.767 bits per heavy atom. The first-order valence-electron chi connectivity index (χ1n) is 9.81. The highest BCUT2D eigenvalue weighted by molar-refractivity contribution is 5.81. The molecule has 176 valence electrons. The van der Waals surface area contributed by atoms with Gasteiger partial charge in [-0.05, 0) is 60.8 Å². The summed E-state index contributed by atoms with van der Waals surface area (Å²) in [4.78, 5) is 36.2. The number of nitrogens with one attached hydrogen (secondary N) is 2. The number of nitrogens with zero attached hydrogens (tertiary/aromatic N) is 1. The predicted molar refractivity (Wildman–Crippen MR) is 105 cm³/mol. The van der Waals surface area contributed by atoms with E-state index >= 15 is 0 Å². The van der Waals surface area contributed by atoms with Crippen molar-refractivity contribution >= 4 is 18.1 Å². The lowest BCUT2D eigenvalue weighted by molar-refractivity contribution is -0.173. The molecule has 3 amide bonds. The molecule has 0 bridgehead atoms. The summed E-state index contributed by atoms with van der Waals surface area (Å²) >= 11 is 0. The Kier molecular flexibility index (Phi) is 11.0. The molecule has 0 aromatic rings. The molecule has 0 aliphatic carbocycles. The number of rotatable bonds is 9. The maximum Gasteiger partial charge on any atom is 0.471 e. The minimum atomic E-state index is -4.89. The van der Waals surface area contributed by atoms with Crippen molar-refractivity contribution < 1.29 is 37.0 Å². The zero-order valence-electron chi connectivity index (χ0n) is 18.6. The van der Waals surface area contributed by atoms with Crippen molar-refractivity contribution in [1.29, 1.82) is 0 Å². The number of alkyl halides is 3. The molecule has 0 fully saturated rings. The molecular formula is C19H34F3N3O5. The van der Waals surface area contributed by atoms with Gasteiger partial charge in [0.25, 0.3) is 0 Å². The van der Waals surface area contributed by atoms with Crippen LogP contribution in [0.4, 0.5) is 22.8 Å². The number of hydrogen-bond acceptors (Lipinski definition) is 5. The zero-order chi connectivity index (χ0) is 23.6. The quantitative estimate of drug-likeness (QED) is 0.533. The minimum Gasteiger partial charge on any atom is -0.444 e. The van der Waals surface area contributed by atoms with E-state index in [0.29, 0.717) is 19.3 Å². The van der Waals surface area contributed by atoms with Gasteiger partial charge in [0.15, 0.2) is 0 Å². The average Bonchev–Trinajstić information content (AvgIpc) is 2.51. The van der Waals surface area contributed by atoms with E-state index in [4.69, 9.17) is 9.47 Å². The fourth-order valence-corrected chi connectivity index (χ4v) is 2.13. The van der Waals surface area contributed by atoms with Gasteiger partial charge in [-0.25, -0.2) is 9.59 Å². The Morgan fingerprint density at radius 3 is 1.83 bits per heavy atom. The van der Waals surface area contributed by atoms with Crippen LogP contribution in [0, 0.1) is 0 Å². The third-order valence-electron chi connectivity index (χ3n) is 3.35. The monoisotopic (exact) mass is 441 g/mol. The molecule has 0 saturated carbocycles. The van der Waals surface area contributed by atoms with Crippen LogP contribution in [0.2, 0.25) is 0 Å². The minimum absolute atomic E-state index is 0.106. The highest BCUT2D eigenvalue weighted by atomic mass is 19.4. The summed E-state index contributed by atoms with van der Waals surface area (Å²) in [6.07, 6.45) is -4.73. The number of amides is 3. The molecule has 0 heterocycles. The average molecular weight is 441 g/mol. The fraction of sp³-hybridized carbons (Fsp3) is 0.842. The molecule has 0 spiro atoms. The van der Waals surface area contributed by atoms with Crippen LogP contribution in [0.25, 0.3) is 0 Å². The highest BCUT2D eigenvalue weighted by Gasteiger charge is 2.38. The van der Waals surface area contributed by atoms with Crippen LogP contribution in [-0.2, 0) is 14.3 Å². The predicted octanol–water partition coefficient (Wildman–Crippen LogP) is 3.60. The van der Waals surface area contributed by atoms with Gasteiger partial charge in [0.1, 0.15) is 11.2 Å². The van der Waals surface area contributed by atoms with E-state index in [2.05, 4.69) is 5.32 Å². The van der Waals surface area contributed by atoms with Gasteiger partial charge in [-0.1, -0.05) is 0 Å². The third kappa shape index (κ3) is 14.7. The number of hydrogen-bond donors (Lipinski definition) is 2.